The van der Waals surface area contributed by atoms with Gasteiger partial charge >= 0.3 is 0 Å². The van der Waals surface area contributed by atoms with Crippen LogP contribution in [0.5, 0.6) is 0 Å². The second-order valence-electron chi connectivity index (χ2n) is 12.7. The van der Waals surface area contributed by atoms with Crippen LogP contribution < -0.4 is 15.9 Å². The van der Waals surface area contributed by atoms with E-state index < -0.39 is 0 Å². The number of fused-ring (bicyclic) bond motifs is 3. The van der Waals surface area contributed by atoms with Crippen LogP contribution in [0.4, 0.5) is 10.2 Å². The lowest BCUT2D eigenvalue weighted by molar-refractivity contribution is -0.133. The topological polar surface area (TPSA) is 90.8 Å². The smallest absolute Gasteiger partial charge is 0.225 e. The summed E-state index contributed by atoms with van der Waals surface area (Å²) >= 11 is 0. The highest BCUT2D eigenvalue weighted by Crippen LogP contribution is 2.42. The zero-order valence-electron chi connectivity index (χ0n) is 26.4. The fourth-order valence-corrected chi connectivity index (χ4v) is 7.37. The fraction of sp³-hybridized carbons (Fsp3) is 0.441. The molecule has 3 aliphatic rings. The predicted molar refractivity (Wildman–Crippen MR) is 173 cm³/mol. The number of carbonyl (C=O) groups is 1. The number of rotatable bonds is 6. The van der Waals surface area contributed by atoms with Crippen LogP contribution >= 0.6 is 0 Å². The number of halogens is 1. The summed E-state index contributed by atoms with van der Waals surface area (Å²) in [5.41, 5.74) is 12.5. The molecule has 0 aliphatic carbocycles. The first-order valence-electron chi connectivity index (χ1n) is 15.9. The number of nitrogens with zero attached hydrogens (tertiary/aromatic N) is 6. The van der Waals surface area contributed by atoms with Crippen molar-refractivity contribution in [3.63, 3.8) is 0 Å². The van der Waals surface area contributed by atoms with Gasteiger partial charge in [0.05, 0.1) is 28.5 Å². The molecule has 10 nitrogen and oxygen atoms in total. The molecular formula is C34H41FN8O2. The maximum Gasteiger partial charge on any atom is 0.225 e. The van der Waals surface area contributed by atoms with Crippen molar-refractivity contribution in [2.75, 3.05) is 52.3 Å². The summed E-state index contributed by atoms with van der Waals surface area (Å²) < 4.78 is 23.8. The Hall–Kier alpha value is -4.22. The number of hydrogen-bond donors (Lipinski definition) is 2. The number of amides is 1. The average molecular weight is 613 g/mol. The van der Waals surface area contributed by atoms with Gasteiger partial charge in [-0.25, -0.2) is 9.37 Å². The van der Waals surface area contributed by atoms with Gasteiger partial charge in [0.25, 0.3) is 0 Å². The van der Waals surface area contributed by atoms with Gasteiger partial charge in [-0.1, -0.05) is 18.2 Å². The van der Waals surface area contributed by atoms with Crippen LogP contribution in [0.25, 0.3) is 27.8 Å². The van der Waals surface area contributed by atoms with Crippen molar-refractivity contribution < 1.29 is 13.9 Å². The monoisotopic (exact) mass is 612 g/mol. The van der Waals surface area contributed by atoms with Crippen LogP contribution in [0.15, 0.2) is 54.4 Å². The number of nitrogens with one attached hydrogen (secondary N) is 2. The molecule has 3 aliphatic heterocycles. The first-order valence-corrected chi connectivity index (χ1v) is 15.9. The van der Waals surface area contributed by atoms with E-state index in [2.05, 4.69) is 38.6 Å². The second kappa shape index (κ2) is 11.9. The number of allylic oxidation sites excluding steroid dienone is 1. The molecule has 7 rings (SSSR count). The molecule has 1 aromatic carbocycles. The Morgan fingerprint density at radius 3 is 2.53 bits per heavy atom. The molecule has 0 spiro atoms. The van der Waals surface area contributed by atoms with E-state index in [1.807, 2.05) is 51.4 Å². The zero-order chi connectivity index (χ0) is 31.2. The van der Waals surface area contributed by atoms with E-state index in [-0.39, 0.29) is 29.6 Å². The highest BCUT2D eigenvalue weighted by atomic mass is 19.1. The van der Waals surface area contributed by atoms with Crippen LogP contribution in [0.3, 0.4) is 0 Å². The Labute approximate surface area is 262 Å². The van der Waals surface area contributed by atoms with Crippen LogP contribution in [0.1, 0.15) is 49.8 Å². The van der Waals surface area contributed by atoms with Crippen molar-refractivity contribution >= 4 is 39.5 Å². The summed E-state index contributed by atoms with van der Waals surface area (Å²) in [4.78, 5) is 26.9. The molecule has 0 bridgehead atoms. The quantitative estimate of drug-likeness (QED) is 0.324. The maximum atomic E-state index is 15.8. The van der Waals surface area contributed by atoms with E-state index >= 15 is 4.39 Å². The van der Waals surface area contributed by atoms with Crippen molar-refractivity contribution in [2.45, 2.75) is 38.6 Å². The molecule has 2 saturated heterocycles. The Bertz CT molecular complexity index is 1770. The first-order chi connectivity index (χ1) is 21.8. The lowest BCUT2D eigenvalue weighted by Crippen LogP contribution is -2.40. The summed E-state index contributed by atoms with van der Waals surface area (Å²) in [5.74, 6) is 1.01. The Morgan fingerprint density at radius 2 is 1.84 bits per heavy atom. The van der Waals surface area contributed by atoms with Crippen LogP contribution in [0, 0.1) is 17.7 Å². The molecule has 3 aromatic heterocycles. The molecule has 4 aromatic rings. The standard InChI is InChI=1S/C34H41FN8O2/c1-21-31(41(4)39-38-21)24-19-28-30(36-20-24)26-9-10-29(42-15-11-23(12-16-42)34(44)40(2)3)37-33(26)43(28)32(22-13-17-45-18-14-22)25-7-5-6-8-27(25)35/h5-10,19-20,22-23,32,38-39H,11-18H2,1-4H3/t32-/m0/s1. The highest BCUT2D eigenvalue weighted by molar-refractivity contribution is 6.05. The summed E-state index contributed by atoms with van der Waals surface area (Å²) in [5, 5.41) is 2.88. The van der Waals surface area contributed by atoms with Gasteiger partial charge in [0.1, 0.15) is 17.3 Å². The van der Waals surface area contributed by atoms with Gasteiger partial charge in [-0.2, -0.15) is 0 Å². The van der Waals surface area contributed by atoms with Gasteiger partial charge < -0.3 is 24.5 Å². The van der Waals surface area contributed by atoms with Crippen molar-refractivity contribution in [1.82, 2.24) is 35.4 Å². The van der Waals surface area contributed by atoms with Crippen LogP contribution in [-0.4, -0.2) is 77.8 Å². The van der Waals surface area contributed by atoms with Gasteiger partial charge in [-0.15, -0.1) is 5.53 Å². The summed E-state index contributed by atoms with van der Waals surface area (Å²) in [6.07, 6.45) is 5.12. The van der Waals surface area contributed by atoms with Crippen LogP contribution in [0.2, 0.25) is 0 Å². The Kier molecular flexibility index (Phi) is 7.83. The number of ether oxygens (including phenoxy) is 1. The molecule has 11 heteroatoms. The molecule has 236 valence electrons. The van der Waals surface area contributed by atoms with E-state index in [9.17, 15) is 4.79 Å². The minimum absolute atomic E-state index is 0.0310. The van der Waals surface area contributed by atoms with Crippen molar-refractivity contribution in [1.29, 1.82) is 0 Å². The minimum Gasteiger partial charge on any atom is -0.381 e. The summed E-state index contributed by atoms with van der Waals surface area (Å²) in [6, 6.07) is 13.2. The number of benzene rings is 1. The Morgan fingerprint density at radius 1 is 1.09 bits per heavy atom. The van der Waals surface area contributed by atoms with Gasteiger partial charge in [0.15, 0.2) is 0 Å². The summed E-state index contributed by atoms with van der Waals surface area (Å²) in [7, 11) is 5.61. The molecule has 45 heavy (non-hydrogen) atoms. The van der Waals surface area contributed by atoms with Gasteiger partial charge in [-0.05, 0) is 62.8 Å². The largest absolute Gasteiger partial charge is 0.381 e. The number of hydrogen-bond acceptors (Lipinski definition) is 8. The van der Waals surface area contributed by atoms with E-state index in [0.717, 1.165) is 83.6 Å². The molecule has 0 saturated carbocycles. The zero-order valence-corrected chi connectivity index (χ0v) is 26.4. The molecule has 1 amide bonds. The van der Waals surface area contributed by atoms with Gasteiger partial charge in [0.2, 0.25) is 5.91 Å². The first kappa shape index (κ1) is 29.5. The lowest BCUT2D eigenvalue weighted by Gasteiger charge is -2.34. The Balaban J connectivity index is 1.41. The molecule has 0 unspecified atom stereocenters. The third-order valence-corrected chi connectivity index (χ3v) is 9.67. The second-order valence-corrected chi connectivity index (χ2v) is 12.7. The van der Waals surface area contributed by atoms with Gasteiger partial charge in [0, 0.05) is 76.1 Å². The molecule has 6 heterocycles. The maximum absolute atomic E-state index is 15.8. The molecular weight excluding hydrogens is 571 g/mol. The lowest BCUT2D eigenvalue weighted by atomic mass is 9.86. The molecule has 1 atom stereocenters. The summed E-state index contributed by atoms with van der Waals surface area (Å²) in [6.45, 7) is 4.82. The number of anilines is 1. The number of carbonyl (C=O) groups excluding carboxylic acids is 1. The normalized spacial score (nSPS) is 19.0. The van der Waals surface area contributed by atoms with E-state index in [4.69, 9.17) is 14.7 Å². The van der Waals surface area contributed by atoms with E-state index in [1.165, 1.54) is 0 Å². The minimum atomic E-state index is -0.300. The van der Waals surface area contributed by atoms with Gasteiger partial charge in [-0.3, -0.25) is 14.8 Å². The highest BCUT2D eigenvalue weighted by Gasteiger charge is 2.33. The number of piperidine rings is 1. The third-order valence-electron chi connectivity index (χ3n) is 9.67. The molecule has 0 radical (unpaired) electrons. The van der Waals surface area contributed by atoms with Crippen molar-refractivity contribution in [2.24, 2.45) is 11.8 Å². The van der Waals surface area contributed by atoms with Crippen LogP contribution in [-0.2, 0) is 9.53 Å². The number of aromatic nitrogens is 3. The molecule has 2 fully saturated rings. The molecule has 2 N–H and O–H groups in total. The predicted octanol–water partition coefficient (Wildman–Crippen LogP) is 4.69. The van der Waals surface area contributed by atoms with E-state index in [1.54, 1.807) is 17.0 Å². The van der Waals surface area contributed by atoms with E-state index in [0.29, 0.717) is 18.8 Å². The fourth-order valence-electron chi connectivity index (χ4n) is 7.37. The van der Waals surface area contributed by atoms with Crippen molar-refractivity contribution in [3.05, 3.63) is 71.3 Å². The number of hydrazine groups is 2. The number of pyridine rings is 2. The third kappa shape index (κ3) is 5.27. The van der Waals surface area contributed by atoms with Crippen molar-refractivity contribution in [3.8, 4) is 0 Å². The average Bonchev–Trinajstić information content (AvgIpc) is 3.57. The SMILES string of the molecule is CC1=C(c2cnc3c4ccc(N5CCC(C(=O)N(C)C)CC5)nc4n([C@H](c4ccccc4F)C4CCOCC4)c3c2)N(C)NN1.